The first-order valence-corrected chi connectivity index (χ1v) is 12.6. The summed E-state index contributed by atoms with van der Waals surface area (Å²) < 4.78 is 29.4. The third kappa shape index (κ3) is 4.64. The van der Waals surface area contributed by atoms with Gasteiger partial charge in [-0.15, -0.1) is 0 Å². The molecule has 0 radical (unpaired) electrons. The monoisotopic (exact) mass is 494 g/mol. The zero-order chi connectivity index (χ0) is 22.9. The molecular formula is C22H24Cl2N4O3S. The van der Waals surface area contributed by atoms with E-state index in [-0.39, 0.29) is 34.8 Å². The molecule has 2 heterocycles. The molecule has 1 saturated heterocycles. The number of hydrogen-bond donors (Lipinski definition) is 1. The van der Waals surface area contributed by atoms with Crippen LogP contribution in [0, 0.1) is 12.8 Å². The molecule has 170 valence electrons. The van der Waals surface area contributed by atoms with E-state index in [1.165, 1.54) is 16.4 Å². The summed E-state index contributed by atoms with van der Waals surface area (Å²) in [5.74, 6) is 0.625. The maximum atomic E-state index is 13.0. The van der Waals surface area contributed by atoms with Gasteiger partial charge in [-0.2, -0.15) is 4.31 Å². The Bertz CT molecular complexity index is 1250. The Morgan fingerprint density at radius 2 is 1.88 bits per heavy atom. The van der Waals surface area contributed by atoms with Crippen molar-refractivity contribution in [1.82, 2.24) is 19.2 Å². The summed E-state index contributed by atoms with van der Waals surface area (Å²) in [5, 5.41) is 3.43. The summed E-state index contributed by atoms with van der Waals surface area (Å²) in [6, 6.07) is 12.3. The lowest BCUT2D eigenvalue weighted by atomic mass is 9.97. The Morgan fingerprint density at radius 1 is 1.16 bits per heavy atom. The van der Waals surface area contributed by atoms with Crippen LogP contribution >= 0.6 is 23.2 Å². The molecule has 1 N–H and O–H groups in total. The summed E-state index contributed by atoms with van der Waals surface area (Å²) in [6.07, 6.45) is 0.909. The fourth-order valence-corrected chi connectivity index (χ4v) is 6.29. The van der Waals surface area contributed by atoms with Crippen LogP contribution in [-0.4, -0.2) is 47.8 Å². The fraction of sp³-hybridized carbons (Fsp3) is 0.364. The molecule has 2 aromatic carbocycles. The van der Waals surface area contributed by atoms with Gasteiger partial charge in [-0.1, -0.05) is 35.3 Å². The molecule has 1 aliphatic rings. The Labute approximate surface area is 197 Å². The third-order valence-electron chi connectivity index (χ3n) is 5.82. The highest BCUT2D eigenvalue weighted by atomic mass is 35.5. The number of halogens is 2. The lowest BCUT2D eigenvalue weighted by Gasteiger charge is -2.30. The highest BCUT2D eigenvalue weighted by Crippen LogP contribution is 2.30. The van der Waals surface area contributed by atoms with Crippen LogP contribution in [0.4, 0.5) is 0 Å². The molecule has 0 spiro atoms. The van der Waals surface area contributed by atoms with Gasteiger partial charge < -0.3 is 9.88 Å². The number of imidazole rings is 1. The summed E-state index contributed by atoms with van der Waals surface area (Å²) in [7, 11) is -3.76. The maximum absolute atomic E-state index is 13.0. The van der Waals surface area contributed by atoms with Crippen LogP contribution in [0.3, 0.4) is 0 Å². The van der Waals surface area contributed by atoms with E-state index in [0.717, 1.165) is 16.9 Å². The Hall–Kier alpha value is -2.13. The number of aromatic nitrogens is 2. The molecule has 0 unspecified atom stereocenters. The van der Waals surface area contributed by atoms with Crippen molar-refractivity contribution in [3.63, 3.8) is 0 Å². The van der Waals surface area contributed by atoms with E-state index in [1.54, 1.807) is 6.07 Å². The van der Waals surface area contributed by atoms with Gasteiger partial charge in [-0.25, -0.2) is 13.4 Å². The molecular weight excluding hydrogens is 471 g/mol. The number of rotatable bonds is 6. The van der Waals surface area contributed by atoms with Crippen molar-refractivity contribution in [2.75, 3.05) is 19.6 Å². The fourth-order valence-electron chi connectivity index (χ4n) is 4.09. The number of carbonyl (C=O) groups is 1. The molecule has 32 heavy (non-hydrogen) atoms. The van der Waals surface area contributed by atoms with Crippen LogP contribution in [0.25, 0.3) is 11.0 Å². The predicted octanol–water partition coefficient (Wildman–Crippen LogP) is 3.87. The lowest BCUT2D eigenvalue weighted by molar-refractivity contribution is -0.126. The average molecular weight is 495 g/mol. The van der Waals surface area contributed by atoms with Gasteiger partial charge in [-0.3, -0.25) is 4.79 Å². The number of aryl methyl sites for hydroxylation is 1. The van der Waals surface area contributed by atoms with Crippen LogP contribution in [0.1, 0.15) is 18.7 Å². The normalized spacial score (nSPS) is 15.8. The van der Waals surface area contributed by atoms with Crippen molar-refractivity contribution in [2.24, 2.45) is 5.92 Å². The number of fused-ring (bicyclic) bond motifs is 1. The van der Waals surface area contributed by atoms with Crippen LogP contribution in [0.2, 0.25) is 10.0 Å². The van der Waals surface area contributed by atoms with Crippen molar-refractivity contribution >= 4 is 50.2 Å². The zero-order valence-corrected chi connectivity index (χ0v) is 19.9. The molecule has 0 atom stereocenters. The van der Waals surface area contributed by atoms with E-state index in [4.69, 9.17) is 23.2 Å². The molecule has 4 rings (SSSR count). The van der Waals surface area contributed by atoms with Crippen LogP contribution in [-0.2, 0) is 21.4 Å². The van der Waals surface area contributed by atoms with Gasteiger partial charge >= 0.3 is 0 Å². The first kappa shape index (κ1) is 23.0. The summed E-state index contributed by atoms with van der Waals surface area (Å²) >= 11 is 12.0. The van der Waals surface area contributed by atoms with Crippen molar-refractivity contribution in [3.05, 3.63) is 58.3 Å². The Kier molecular flexibility index (Phi) is 6.76. The molecule has 7 nitrogen and oxygen atoms in total. The number of hydrogen-bond acceptors (Lipinski definition) is 4. The first-order valence-electron chi connectivity index (χ1n) is 10.4. The Balaban J connectivity index is 1.32. The Morgan fingerprint density at radius 3 is 2.62 bits per heavy atom. The number of piperidine rings is 1. The van der Waals surface area contributed by atoms with E-state index in [0.29, 0.717) is 31.0 Å². The van der Waals surface area contributed by atoms with Crippen molar-refractivity contribution in [2.45, 2.75) is 31.2 Å². The number of para-hydroxylation sites is 2. The van der Waals surface area contributed by atoms with Gasteiger partial charge in [0, 0.05) is 37.1 Å². The van der Waals surface area contributed by atoms with Gasteiger partial charge in [0.25, 0.3) is 0 Å². The first-order chi connectivity index (χ1) is 15.3. The van der Waals surface area contributed by atoms with Gasteiger partial charge in [0.2, 0.25) is 15.9 Å². The smallest absolute Gasteiger partial charge is 0.244 e. The standard InChI is InChI=1S/C22H24Cl2N4O3S/c1-15-26-19-4-2-3-5-20(19)28(15)13-10-25-22(29)16-8-11-27(12-9-16)32(30,31)21-14-17(23)6-7-18(21)24/h2-7,14,16H,8-13H2,1H3,(H,25,29). The molecule has 1 fully saturated rings. The van der Waals surface area contributed by atoms with Gasteiger partial charge in [-0.05, 0) is 50.1 Å². The minimum Gasteiger partial charge on any atom is -0.354 e. The van der Waals surface area contributed by atoms with Crippen molar-refractivity contribution in [3.8, 4) is 0 Å². The molecule has 0 saturated carbocycles. The molecule has 0 bridgehead atoms. The van der Waals surface area contributed by atoms with Crippen LogP contribution in [0.5, 0.6) is 0 Å². The second-order valence-electron chi connectivity index (χ2n) is 7.84. The predicted molar refractivity (Wildman–Crippen MR) is 125 cm³/mol. The number of nitrogens with zero attached hydrogens (tertiary/aromatic N) is 3. The minimum absolute atomic E-state index is 0.00232. The minimum atomic E-state index is -3.76. The van der Waals surface area contributed by atoms with E-state index in [1.807, 2.05) is 31.2 Å². The topological polar surface area (TPSA) is 84.3 Å². The molecule has 1 amide bonds. The maximum Gasteiger partial charge on any atom is 0.244 e. The highest BCUT2D eigenvalue weighted by molar-refractivity contribution is 7.89. The number of amides is 1. The number of sulfonamides is 1. The zero-order valence-electron chi connectivity index (χ0n) is 17.6. The molecule has 3 aromatic rings. The third-order valence-corrected chi connectivity index (χ3v) is 8.43. The van der Waals surface area contributed by atoms with E-state index in [2.05, 4.69) is 14.9 Å². The van der Waals surface area contributed by atoms with Gasteiger partial charge in [0.05, 0.1) is 16.1 Å². The molecule has 1 aliphatic heterocycles. The van der Waals surface area contributed by atoms with E-state index >= 15 is 0 Å². The molecule has 1 aromatic heterocycles. The van der Waals surface area contributed by atoms with Crippen LogP contribution in [0.15, 0.2) is 47.4 Å². The van der Waals surface area contributed by atoms with Crippen molar-refractivity contribution in [1.29, 1.82) is 0 Å². The quantitative estimate of drug-likeness (QED) is 0.563. The number of nitrogens with one attached hydrogen (secondary N) is 1. The average Bonchev–Trinajstić information content (AvgIpc) is 3.10. The van der Waals surface area contributed by atoms with E-state index in [9.17, 15) is 13.2 Å². The van der Waals surface area contributed by atoms with Crippen molar-refractivity contribution < 1.29 is 13.2 Å². The second kappa shape index (κ2) is 9.39. The van der Waals surface area contributed by atoms with Gasteiger partial charge in [0.1, 0.15) is 10.7 Å². The summed E-state index contributed by atoms with van der Waals surface area (Å²) in [6.45, 7) is 3.57. The molecule has 0 aliphatic carbocycles. The highest BCUT2D eigenvalue weighted by Gasteiger charge is 2.33. The number of benzene rings is 2. The van der Waals surface area contributed by atoms with Gasteiger partial charge in [0.15, 0.2) is 0 Å². The summed E-state index contributed by atoms with van der Waals surface area (Å²) in [5.41, 5.74) is 1.97. The summed E-state index contributed by atoms with van der Waals surface area (Å²) in [4.78, 5) is 17.2. The largest absolute Gasteiger partial charge is 0.354 e. The van der Waals surface area contributed by atoms with E-state index < -0.39 is 10.0 Å². The number of carbonyl (C=O) groups excluding carboxylic acids is 1. The second-order valence-corrected chi connectivity index (χ2v) is 10.6. The lowest BCUT2D eigenvalue weighted by Crippen LogP contribution is -2.43. The SMILES string of the molecule is Cc1nc2ccccc2n1CCNC(=O)C1CCN(S(=O)(=O)c2cc(Cl)ccc2Cl)CC1. The van der Waals surface area contributed by atoms with Crippen LogP contribution < -0.4 is 5.32 Å². The molecule has 10 heteroatoms.